The third kappa shape index (κ3) is 3.34. The number of methoxy groups -OCH3 is 1. The Morgan fingerprint density at radius 1 is 1.39 bits per heavy atom. The fourth-order valence-corrected chi connectivity index (χ4v) is 2.57. The first kappa shape index (κ1) is 13.1. The fraction of sp³-hybridized carbons (Fsp3) is 0.462. The van der Waals surface area contributed by atoms with Crippen LogP contribution >= 0.6 is 11.3 Å². The van der Waals surface area contributed by atoms with E-state index in [1.54, 1.807) is 18.4 Å². The first-order chi connectivity index (χ1) is 8.69. The van der Waals surface area contributed by atoms with Gasteiger partial charge in [-0.1, -0.05) is 11.3 Å². The first-order valence-electron chi connectivity index (χ1n) is 6.02. The number of hydrogen-bond donors (Lipinski definition) is 1. The van der Waals surface area contributed by atoms with Crippen LogP contribution in [-0.2, 0) is 0 Å². The Bertz CT molecular complexity index is 510. The van der Waals surface area contributed by atoms with Crippen molar-refractivity contribution in [2.45, 2.75) is 6.42 Å². The highest BCUT2D eigenvalue weighted by atomic mass is 32.1. The SMILES string of the molecule is COc1ccc2sc(NCCCN(C)C)nc2c1. The Balaban J connectivity index is 1.97. The van der Waals surface area contributed by atoms with Crippen LogP contribution in [0.4, 0.5) is 5.13 Å². The van der Waals surface area contributed by atoms with Crippen LogP contribution in [0.2, 0.25) is 0 Å². The largest absolute Gasteiger partial charge is 0.497 e. The summed E-state index contributed by atoms with van der Waals surface area (Å²) in [5.74, 6) is 0.854. The first-order valence-corrected chi connectivity index (χ1v) is 6.84. The molecule has 2 rings (SSSR count). The molecule has 1 aromatic carbocycles. The summed E-state index contributed by atoms with van der Waals surface area (Å²) >= 11 is 1.68. The van der Waals surface area contributed by atoms with Crippen molar-refractivity contribution in [3.8, 4) is 5.75 Å². The Morgan fingerprint density at radius 3 is 2.94 bits per heavy atom. The minimum absolute atomic E-state index is 0.854. The van der Waals surface area contributed by atoms with Crippen molar-refractivity contribution in [1.29, 1.82) is 0 Å². The maximum absolute atomic E-state index is 5.20. The van der Waals surface area contributed by atoms with E-state index in [1.165, 1.54) is 4.70 Å². The predicted octanol–water partition coefficient (Wildman–Crippen LogP) is 2.67. The summed E-state index contributed by atoms with van der Waals surface area (Å²) in [6, 6.07) is 5.99. The molecule has 0 bridgehead atoms. The number of ether oxygens (including phenoxy) is 1. The molecule has 0 aliphatic carbocycles. The van der Waals surface area contributed by atoms with Gasteiger partial charge in [-0.2, -0.15) is 0 Å². The van der Waals surface area contributed by atoms with E-state index in [0.717, 1.165) is 35.9 Å². The summed E-state index contributed by atoms with van der Waals surface area (Å²) in [5.41, 5.74) is 0.995. The second kappa shape index (κ2) is 6.02. The van der Waals surface area contributed by atoms with Gasteiger partial charge in [0.25, 0.3) is 0 Å². The third-order valence-corrected chi connectivity index (χ3v) is 3.65. The van der Waals surface area contributed by atoms with Crippen LogP contribution in [0.5, 0.6) is 5.75 Å². The molecule has 0 aliphatic rings. The number of aromatic nitrogens is 1. The Labute approximate surface area is 112 Å². The molecule has 18 heavy (non-hydrogen) atoms. The lowest BCUT2D eigenvalue weighted by Gasteiger charge is -2.08. The maximum atomic E-state index is 5.20. The van der Waals surface area contributed by atoms with Gasteiger partial charge in [0, 0.05) is 12.6 Å². The van der Waals surface area contributed by atoms with Gasteiger partial charge in [0.05, 0.1) is 17.3 Å². The lowest BCUT2D eigenvalue weighted by molar-refractivity contribution is 0.405. The lowest BCUT2D eigenvalue weighted by atomic mass is 10.3. The second-order valence-corrected chi connectivity index (χ2v) is 5.47. The Hall–Kier alpha value is -1.33. The van der Waals surface area contributed by atoms with Crippen LogP contribution in [0.3, 0.4) is 0 Å². The Kier molecular flexibility index (Phi) is 4.38. The molecule has 2 aromatic rings. The standard InChI is InChI=1S/C13H19N3OS/c1-16(2)8-4-7-14-13-15-11-9-10(17-3)5-6-12(11)18-13/h5-6,9H,4,7-8H2,1-3H3,(H,14,15). The maximum Gasteiger partial charge on any atom is 0.183 e. The van der Waals surface area contributed by atoms with Gasteiger partial charge in [-0.25, -0.2) is 4.98 Å². The van der Waals surface area contributed by atoms with E-state index in [4.69, 9.17) is 4.74 Å². The molecule has 4 nitrogen and oxygen atoms in total. The van der Waals surface area contributed by atoms with Gasteiger partial charge < -0.3 is 15.0 Å². The van der Waals surface area contributed by atoms with Crippen LogP contribution in [-0.4, -0.2) is 44.2 Å². The minimum atomic E-state index is 0.854. The molecule has 0 amide bonds. The number of hydrogen-bond acceptors (Lipinski definition) is 5. The van der Waals surface area contributed by atoms with E-state index in [9.17, 15) is 0 Å². The molecule has 1 aromatic heterocycles. The normalized spacial score (nSPS) is 11.1. The highest BCUT2D eigenvalue weighted by Gasteiger charge is 2.04. The zero-order valence-electron chi connectivity index (χ0n) is 11.1. The number of benzene rings is 1. The number of fused-ring (bicyclic) bond motifs is 1. The van der Waals surface area contributed by atoms with Crippen molar-refractivity contribution in [1.82, 2.24) is 9.88 Å². The molecule has 0 spiro atoms. The molecule has 0 aliphatic heterocycles. The molecule has 1 heterocycles. The van der Waals surface area contributed by atoms with Crippen LogP contribution in [0.1, 0.15) is 6.42 Å². The summed E-state index contributed by atoms with van der Waals surface area (Å²) < 4.78 is 6.38. The molecule has 0 unspecified atom stereocenters. The molecule has 5 heteroatoms. The zero-order chi connectivity index (χ0) is 13.0. The molecule has 98 valence electrons. The average molecular weight is 265 g/mol. The van der Waals surface area contributed by atoms with E-state index in [1.807, 2.05) is 12.1 Å². The molecule has 0 saturated heterocycles. The van der Waals surface area contributed by atoms with E-state index >= 15 is 0 Å². The van der Waals surface area contributed by atoms with Gasteiger partial charge in [-0.3, -0.25) is 0 Å². The van der Waals surface area contributed by atoms with E-state index in [2.05, 4.69) is 35.4 Å². The summed E-state index contributed by atoms with van der Waals surface area (Å²) in [7, 11) is 5.85. The van der Waals surface area contributed by atoms with Crippen LogP contribution in [0.15, 0.2) is 18.2 Å². The fourth-order valence-electron chi connectivity index (χ4n) is 1.70. The quantitative estimate of drug-likeness (QED) is 0.815. The molecule has 0 fully saturated rings. The van der Waals surface area contributed by atoms with Crippen molar-refractivity contribution in [3.63, 3.8) is 0 Å². The van der Waals surface area contributed by atoms with Crippen molar-refractivity contribution in [2.24, 2.45) is 0 Å². The van der Waals surface area contributed by atoms with E-state index in [-0.39, 0.29) is 0 Å². The summed E-state index contributed by atoms with van der Waals surface area (Å²) in [4.78, 5) is 6.74. The van der Waals surface area contributed by atoms with Crippen LogP contribution < -0.4 is 10.1 Å². The van der Waals surface area contributed by atoms with Gasteiger partial charge >= 0.3 is 0 Å². The van der Waals surface area contributed by atoms with Crippen LogP contribution in [0.25, 0.3) is 10.2 Å². The number of anilines is 1. The van der Waals surface area contributed by atoms with Gasteiger partial charge in [0.1, 0.15) is 5.75 Å². The molecule has 0 saturated carbocycles. The van der Waals surface area contributed by atoms with Crippen molar-refractivity contribution in [2.75, 3.05) is 39.6 Å². The zero-order valence-corrected chi connectivity index (χ0v) is 11.9. The van der Waals surface area contributed by atoms with Gasteiger partial charge in [0.15, 0.2) is 5.13 Å². The number of thiazole rings is 1. The second-order valence-electron chi connectivity index (χ2n) is 4.44. The summed E-state index contributed by atoms with van der Waals surface area (Å²) in [6.45, 7) is 2.04. The molecule has 0 atom stereocenters. The molecule has 0 radical (unpaired) electrons. The van der Waals surface area contributed by atoms with Crippen LogP contribution in [0, 0.1) is 0 Å². The van der Waals surface area contributed by atoms with Gasteiger partial charge in [-0.15, -0.1) is 0 Å². The predicted molar refractivity (Wildman–Crippen MR) is 77.8 cm³/mol. The van der Waals surface area contributed by atoms with E-state index in [0.29, 0.717) is 0 Å². The van der Waals surface area contributed by atoms with E-state index < -0.39 is 0 Å². The lowest BCUT2D eigenvalue weighted by Crippen LogP contribution is -2.16. The van der Waals surface area contributed by atoms with Crippen molar-refractivity contribution in [3.05, 3.63) is 18.2 Å². The minimum Gasteiger partial charge on any atom is -0.497 e. The highest BCUT2D eigenvalue weighted by molar-refractivity contribution is 7.22. The molecular formula is C13H19N3OS. The Morgan fingerprint density at radius 2 is 2.22 bits per heavy atom. The van der Waals surface area contributed by atoms with Gasteiger partial charge in [-0.05, 0) is 39.2 Å². The number of nitrogens with zero attached hydrogens (tertiary/aromatic N) is 2. The molecule has 1 N–H and O–H groups in total. The summed E-state index contributed by atoms with van der Waals surface area (Å²) in [5, 5.41) is 4.35. The smallest absolute Gasteiger partial charge is 0.183 e. The van der Waals surface area contributed by atoms with Crippen molar-refractivity contribution >= 4 is 26.7 Å². The number of rotatable bonds is 6. The third-order valence-electron chi connectivity index (χ3n) is 2.65. The average Bonchev–Trinajstić information content (AvgIpc) is 2.75. The number of nitrogens with one attached hydrogen (secondary N) is 1. The highest BCUT2D eigenvalue weighted by Crippen LogP contribution is 2.28. The molecular weight excluding hydrogens is 246 g/mol. The van der Waals surface area contributed by atoms with Crippen molar-refractivity contribution < 1.29 is 4.74 Å². The summed E-state index contributed by atoms with van der Waals surface area (Å²) in [6.07, 6.45) is 1.12. The monoisotopic (exact) mass is 265 g/mol. The van der Waals surface area contributed by atoms with Gasteiger partial charge in [0.2, 0.25) is 0 Å². The topological polar surface area (TPSA) is 37.4 Å².